The Labute approximate surface area is 94.1 Å². The molecule has 2 heteroatoms. The predicted octanol–water partition coefficient (Wildman–Crippen LogP) is 3.72. The summed E-state index contributed by atoms with van der Waals surface area (Å²) in [5.41, 5.74) is 9.64. The van der Waals surface area contributed by atoms with Crippen molar-refractivity contribution in [1.82, 2.24) is 0 Å². The van der Waals surface area contributed by atoms with Gasteiger partial charge in [0.2, 0.25) is 0 Å². The zero-order valence-electron chi connectivity index (χ0n) is 8.68. The largest absolute Gasteiger partial charge is 0.324 e. The van der Waals surface area contributed by atoms with E-state index < -0.39 is 0 Å². The van der Waals surface area contributed by atoms with Gasteiger partial charge in [-0.15, -0.1) is 6.58 Å². The Bertz CT molecular complexity index is 324. The van der Waals surface area contributed by atoms with Crippen molar-refractivity contribution in [2.24, 2.45) is 5.73 Å². The monoisotopic (exact) mass is 253 g/mol. The number of halogens is 1. The highest BCUT2D eigenvalue weighted by molar-refractivity contribution is 9.10. The van der Waals surface area contributed by atoms with Crippen LogP contribution in [-0.4, -0.2) is 0 Å². The molecule has 2 N–H and O–H groups in total. The molecule has 1 unspecified atom stereocenters. The van der Waals surface area contributed by atoms with Crippen LogP contribution in [0, 0.1) is 6.92 Å². The summed E-state index contributed by atoms with van der Waals surface area (Å²) in [6, 6.07) is 6.18. The highest BCUT2D eigenvalue weighted by Gasteiger charge is 2.11. The number of hydrogen-bond donors (Lipinski definition) is 1. The van der Waals surface area contributed by atoms with E-state index in [9.17, 15) is 0 Å². The van der Waals surface area contributed by atoms with Crippen molar-refractivity contribution in [3.8, 4) is 0 Å². The third-order valence-corrected chi connectivity index (χ3v) is 2.90. The van der Waals surface area contributed by atoms with E-state index in [4.69, 9.17) is 5.73 Å². The lowest BCUT2D eigenvalue weighted by Crippen LogP contribution is -2.12. The van der Waals surface area contributed by atoms with Gasteiger partial charge in [-0.2, -0.15) is 0 Å². The number of aryl methyl sites for hydroxylation is 1. The van der Waals surface area contributed by atoms with E-state index in [0.29, 0.717) is 0 Å². The quantitative estimate of drug-likeness (QED) is 0.817. The van der Waals surface area contributed by atoms with Crippen molar-refractivity contribution < 1.29 is 0 Å². The van der Waals surface area contributed by atoms with Crippen molar-refractivity contribution in [2.75, 3.05) is 0 Å². The minimum atomic E-state index is 0.0445. The molecule has 76 valence electrons. The van der Waals surface area contributed by atoms with Crippen molar-refractivity contribution in [1.29, 1.82) is 0 Å². The summed E-state index contributed by atoms with van der Waals surface area (Å²) in [6.07, 6.45) is 0.837. The summed E-state index contributed by atoms with van der Waals surface area (Å²) < 4.78 is 1.09. The van der Waals surface area contributed by atoms with Crippen LogP contribution in [0.4, 0.5) is 0 Å². The van der Waals surface area contributed by atoms with Crippen LogP contribution >= 0.6 is 15.9 Å². The van der Waals surface area contributed by atoms with Gasteiger partial charge in [0.15, 0.2) is 0 Å². The maximum atomic E-state index is 6.11. The van der Waals surface area contributed by atoms with Crippen LogP contribution in [-0.2, 0) is 0 Å². The molecule has 0 heterocycles. The molecular weight excluding hydrogens is 238 g/mol. The molecule has 0 aliphatic heterocycles. The zero-order chi connectivity index (χ0) is 10.7. The molecule has 0 amide bonds. The van der Waals surface area contributed by atoms with E-state index in [1.54, 1.807) is 0 Å². The maximum absolute atomic E-state index is 6.11. The van der Waals surface area contributed by atoms with Gasteiger partial charge in [-0.05, 0) is 37.5 Å². The molecule has 0 aliphatic carbocycles. The first kappa shape index (κ1) is 11.5. The molecule has 0 fully saturated rings. The van der Waals surface area contributed by atoms with Crippen LogP contribution in [0.1, 0.15) is 30.5 Å². The zero-order valence-corrected chi connectivity index (χ0v) is 10.3. The van der Waals surface area contributed by atoms with E-state index >= 15 is 0 Å². The van der Waals surface area contributed by atoms with Crippen LogP contribution in [0.2, 0.25) is 0 Å². The first-order chi connectivity index (χ1) is 6.52. The van der Waals surface area contributed by atoms with Gasteiger partial charge in [-0.25, -0.2) is 0 Å². The van der Waals surface area contributed by atoms with E-state index in [-0.39, 0.29) is 6.04 Å². The molecule has 14 heavy (non-hydrogen) atoms. The highest BCUT2D eigenvalue weighted by Crippen LogP contribution is 2.28. The number of benzene rings is 1. The van der Waals surface area contributed by atoms with Gasteiger partial charge in [-0.1, -0.05) is 33.6 Å². The van der Waals surface area contributed by atoms with Crippen LogP contribution in [0.5, 0.6) is 0 Å². The normalized spacial score (nSPS) is 12.6. The van der Waals surface area contributed by atoms with E-state index in [2.05, 4.69) is 35.5 Å². The van der Waals surface area contributed by atoms with Crippen molar-refractivity contribution in [2.45, 2.75) is 26.3 Å². The number of rotatable bonds is 3. The molecule has 0 radical (unpaired) electrons. The van der Waals surface area contributed by atoms with Crippen LogP contribution in [0.15, 0.2) is 34.8 Å². The lowest BCUT2D eigenvalue weighted by Gasteiger charge is -2.16. The molecule has 0 aromatic heterocycles. The average molecular weight is 254 g/mol. The fraction of sp³-hybridized carbons (Fsp3) is 0.333. The molecule has 0 spiro atoms. The van der Waals surface area contributed by atoms with Gasteiger partial charge in [0.25, 0.3) is 0 Å². The molecule has 1 nitrogen and oxygen atoms in total. The summed E-state index contributed by atoms with van der Waals surface area (Å²) >= 11 is 3.53. The Morgan fingerprint density at radius 1 is 1.57 bits per heavy atom. The van der Waals surface area contributed by atoms with Crippen LogP contribution < -0.4 is 5.73 Å². The first-order valence-corrected chi connectivity index (χ1v) is 5.46. The van der Waals surface area contributed by atoms with Gasteiger partial charge < -0.3 is 5.73 Å². The highest BCUT2D eigenvalue weighted by atomic mass is 79.9. The number of nitrogens with two attached hydrogens (primary N) is 1. The summed E-state index contributed by atoms with van der Waals surface area (Å²) in [4.78, 5) is 0. The van der Waals surface area contributed by atoms with E-state index in [1.807, 2.05) is 19.1 Å². The van der Waals surface area contributed by atoms with E-state index in [0.717, 1.165) is 16.5 Å². The van der Waals surface area contributed by atoms with E-state index in [1.165, 1.54) is 11.1 Å². The molecule has 1 atom stereocenters. The van der Waals surface area contributed by atoms with Crippen LogP contribution in [0.3, 0.4) is 0 Å². The number of hydrogen-bond acceptors (Lipinski definition) is 1. The second-order valence-electron chi connectivity index (χ2n) is 3.74. The second-order valence-corrected chi connectivity index (χ2v) is 4.59. The average Bonchev–Trinajstić information content (AvgIpc) is 2.01. The van der Waals surface area contributed by atoms with Crippen LogP contribution in [0.25, 0.3) is 0 Å². The molecule has 0 saturated carbocycles. The third kappa shape index (κ3) is 2.69. The van der Waals surface area contributed by atoms with Crippen molar-refractivity contribution >= 4 is 15.9 Å². The molecule has 0 aliphatic rings. The fourth-order valence-electron chi connectivity index (χ4n) is 1.59. The smallest absolute Gasteiger partial charge is 0.0346 e. The molecule has 1 aromatic carbocycles. The summed E-state index contributed by atoms with van der Waals surface area (Å²) in [5, 5.41) is 0. The maximum Gasteiger partial charge on any atom is 0.0346 e. The molecule has 0 bridgehead atoms. The first-order valence-electron chi connectivity index (χ1n) is 4.67. The second kappa shape index (κ2) is 4.76. The lowest BCUT2D eigenvalue weighted by molar-refractivity contribution is 0.708. The molecular formula is C12H16BrN. The summed E-state index contributed by atoms with van der Waals surface area (Å²) in [5.74, 6) is 0. The third-order valence-electron chi connectivity index (χ3n) is 2.21. The van der Waals surface area contributed by atoms with Gasteiger partial charge in [-0.3, -0.25) is 0 Å². The standard InChI is InChI=1S/C12H16BrN/c1-8(2)7-11(14)12-9(3)5-4-6-10(12)13/h4-6,11H,1,7,14H2,2-3H3. The Kier molecular flexibility index (Phi) is 3.90. The summed E-state index contributed by atoms with van der Waals surface area (Å²) in [6.45, 7) is 7.97. The minimum absolute atomic E-state index is 0.0445. The van der Waals surface area contributed by atoms with Gasteiger partial charge >= 0.3 is 0 Å². The molecule has 1 rings (SSSR count). The van der Waals surface area contributed by atoms with Gasteiger partial charge in [0.05, 0.1) is 0 Å². The lowest BCUT2D eigenvalue weighted by atomic mass is 9.97. The van der Waals surface area contributed by atoms with Crippen molar-refractivity contribution in [3.63, 3.8) is 0 Å². The SMILES string of the molecule is C=C(C)CC(N)c1c(C)cccc1Br. The van der Waals surface area contributed by atoms with Gasteiger partial charge in [0.1, 0.15) is 0 Å². The topological polar surface area (TPSA) is 26.0 Å². The van der Waals surface area contributed by atoms with Gasteiger partial charge in [0, 0.05) is 10.5 Å². The Hall–Kier alpha value is -0.600. The minimum Gasteiger partial charge on any atom is -0.324 e. The summed E-state index contributed by atoms with van der Waals surface area (Å²) in [7, 11) is 0. The Morgan fingerprint density at radius 3 is 2.71 bits per heavy atom. The van der Waals surface area contributed by atoms with Crippen molar-refractivity contribution in [3.05, 3.63) is 46.0 Å². The predicted molar refractivity (Wildman–Crippen MR) is 65.2 cm³/mol. The molecule has 1 aromatic rings. The fourth-order valence-corrected chi connectivity index (χ4v) is 2.35. The molecule has 0 saturated heterocycles. The Morgan fingerprint density at radius 2 is 2.21 bits per heavy atom. The Balaban J connectivity index is 2.99.